The van der Waals surface area contributed by atoms with Crippen molar-refractivity contribution in [1.29, 1.82) is 0 Å². The summed E-state index contributed by atoms with van der Waals surface area (Å²) in [6.07, 6.45) is 32.7. The highest BCUT2D eigenvalue weighted by Gasteiger charge is 1.94. The van der Waals surface area contributed by atoms with Crippen LogP contribution in [0.5, 0.6) is 0 Å². The first-order valence-electron chi connectivity index (χ1n) is 15.0. The molecule has 0 spiro atoms. The van der Waals surface area contributed by atoms with Gasteiger partial charge in [-0.2, -0.15) is 0 Å². The molecule has 0 fully saturated rings. The summed E-state index contributed by atoms with van der Waals surface area (Å²) in [4.78, 5) is 0. The van der Waals surface area contributed by atoms with Gasteiger partial charge in [0.05, 0.1) is 0 Å². The SMILES string of the molecule is CCCCCCCCCCCCCCCCCCO.CCCCCCOCCCCCC. The number of hydrogen-bond acceptors (Lipinski definition) is 2. The van der Waals surface area contributed by atoms with Gasteiger partial charge in [0.25, 0.3) is 0 Å². The molecule has 0 radical (unpaired) electrons. The number of unbranched alkanes of at least 4 members (excludes halogenated alkanes) is 21. The Bertz CT molecular complexity index is 254. The van der Waals surface area contributed by atoms with Crippen molar-refractivity contribution in [2.45, 2.75) is 175 Å². The molecule has 0 aliphatic heterocycles. The number of aliphatic hydroxyl groups excluding tert-OH is 1. The van der Waals surface area contributed by atoms with Crippen LogP contribution < -0.4 is 0 Å². The van der Waals surface area contributed by atoms with E-state index in [2.05, 4.69) is 20.8 Å². The van der Waals surface area contributed by atoms with Crippen molar-refractivity contribution in [2.24, 2.45) is 0 Å². The van der Waals surface area contributed by atoms with Crippen molar-refractivity contribution < 1.29 is 9.84 Å². The first kappa shape index (κ1) is 34.1. The average Bonchev–Trinajstić information content (AvgIpc) is 2.81. The minimum atomic E-state index is 0.373. The largest absolute Gasteiger partial charge is 0.396 e. The van der Waals surface area contributed by atoms with Gasteiger partial charge in [-0.05, 0) is 19.3 Å². The lowest BCUT2D eigenvalue weighted by Crippen LogP contribution is -1.96. The summed E-state index contributed by atoms with van der Waals surface area (Å²) in [6.45, 7) is 9.10. The lowest BCUT2D eigenvalue weighted by Gasteiger charge is -2.03. The van der Waals surface area contributed by atoms with E-state index >= 15 is 0 Å². The van der Waals surface area contributed by atoms with E-state index in [9.17, 15) is 0 Å². The minimum absolute atomic E-state index is 0.373. The molecule has 0 rings (SSSR count). The molecule has 0 bridgehead atoms. The van der Waals surface area contributed by atoms with Crippen molar-refractivity contribution in [3.05, 3.63) is 0 Å². The van der Waals surface area contributed by atoms with E-state index in [1.165, 1.54) is 148 Å². The Kier molecular flexibility index (Phi) is 37.8. The molecule has 0 aromatic rings. The van der Waals surface area contributed by atoms with Crippen molar-refractivity contribution >= 4 is 0 Å². The summed E-state index contributed by atoms with van der Waals surface area (Å²) in [5.41, 5.74) is 0. The summed E-state index contributed by atoms with van der Waals surface area (Å²) in [5, 5.41) is 8.67. The van der Waals surface area contributed by atoms with Gasteiger partial charge < -0.3 is 9.84 Å². The fourth-order valence-electron chi connectivity index (χ4n) is 4.02. The van der Waals surface area contributed by atoms with Crippen LogP contribution >= 0.6 is 0 Å². The topological polar surface area (TPSA) is 29.5 Å². The Morgan fingerprint density at radius 1 is 0.344 bits per heavy atom. The maximum atomic E-state index is 8.67. The predicted octanol–water partition coefficient (Wildman–Crippen LogP) is 10.4. The maximum absolute atomic E-state index is 8.67. The number of rotatable bonds is 26. The zero-order chi connectivity index (χ0) is 23.8. The van der Waals surface area contributed by atoms with Gasteiger partial charge >= 0.3 is 0 Å². The molecule has 0 saturated heterocycles. The van der Waals surface area contributed by atoms with Crippen LogP contribution in [0.25, 0.3) is 0 Å². The van der Waals surface area contributed by atoms with E-state index in [0.29, 0.717) is 6.61 Å². The summed E-state index contributed by atoms with van der Waals surface area (Å²) < 4.78 is 5.53. The van der Waals surface area contributed by atoms with Crippen LogP contribution in [0.2, 0.25) is 0 Å². The molecule has 196 valence electrons. The highest BCUT2D eigenvalue weighted by Crippen LogP contribution is 2.13. The van der Waals surface area contributed by atoms with Crippen LogP contribution in [0, 0.1) is 0 Å². The number of ether oxygens (including phenoxy) is 1. The molecule has 0 aromatic carbocycles. The molecule has 2 nitrogen and oxygen atoms in total. The highest BCUT2D eigenvalue weighted by molar-refractivity contribution is 4.49. The second-order valence-corrected chi connectivity index (χ2v) is 9.76. The van der Waals surface area contributed by atoms with Crippen LogP contribution in [0.3, 0.4) is 0 Å². The first-order chi connectivity index (χ1) is 15.8. The standard InChI is InChI=1S/C18H38O.C12H26O/c1-2-3-4-5-6-7-8-9-10-11-12-13-14-15-16-17-18-19;1-3-5-7-9-11-13-12-10-8-6-4-2/h19H,2-18H2,1H3;3-12H2,1-2H3. The van der Waals surface area contributed by atoms with Crippen molar-refractivity contribution in [3.63, 3.8) is 0 Å². The molecular formula is C30H64O2. The number of aliphatic hydroxyl groups is 1. The Morgan fingerprint density at radius 3 is 0.875 bits per heavy atom. The minimum Gasteiger partial charge on any atom is -0.396 e. The molecule has 0 aliphatic rings. The van der Waals surface area contributed by atoms with Gasteiger partial charge in [0.2, 0.25) is 0 Å². The average molecular weight is 457 g/mol. The van der Waals surface area contributed by atoms with Gasteiger partial charge in [0.1, 0.15) is 0 Å². The molecule has 0 aliphatic carbocycles. The second kappa shape index (κ2) is 35.5. The summed E-state index contributed by atoms with van der Waals surface area (Å²) in [6, 6.07) is 0. The third-order valence-electron chi connectivity index (χ3n) is 6.30. The van der Waals surface area contributed by atoms with Crippen LogP contribution in [0.1, 0.15) is 175 Å². The zero-order valence-electron chi connectivity index (χ0n) is 22.9. The molecule has 0 atom stereocenters. The van der Waals surface area contributed by atoms with Crippen molar-refractivity contribution in [3.8, 4) is 0 Å². The van der Waals surface area contributed by atoms with Gasteiger partial charge in [-0.3, -0.25) is 0 Å². The van der Waals surface area contributed by atoms with Gasteiger partial charge in [-0.25, -0.2) is 0 Å². The first-order valence-corrected chi connectivity index (χ1v) is 15.0. The predicted molar refractivity (Wildman–Crippen MR) is 146 cm³/mol. The fraction of sp³-hybridized carbons (Fsp3) is 1.00. The van der Waals surface area contributed by atoms with Crippen LogP contribution in [0.4, 0.5) is 0 Å². The van der Waals surface area contributed by atoms with Crippen molar-refractivity contribution in [1.82, 2.24) is 0 Å². The van der Waals surface area contributed by atoms with Gasteiger partial charge in [-0.1, -0.05) is 156 Å². The number of hydrogen-bond donors (Lipinski definition) is 1. The van der Waals surface area contributed by atoms with Gasteiger partial charge in [0.15, 0.2) is 0 Å². The van der Waals surface area contributed by atoms with E-state index in [0.717, 1.165) is 19.6 Å². The molecular weight excluding hydrogens is 392 g/mol. The molecule has 0 aromatic heterocycles. The van der Waals surface area contributed by atoms with Gasteiger partial charge in [-0.15, -0.1) is 0 Å². The normalized spacial score (nSPS) is 10.9. The Hall–Kier alpha value is -0.0800. The second-order valence-electron chi connectivity index (χ2n) is 9.76. The molecule has 0 heterocycles. The lowest BCUT2D eigenvalue weighted by atomic mass is 10.0. The lowest BCUT2D eigenvalue weighted by molar-refractivity contribution is 0.126. The molecule has 0 unspecified atom stereocenters. The molecule has 32 heavy (non-hydrogen) atoms. The maximum Gasteiger partial charge on any atom is 0.0466 e. The third kappa shape index (κ3) is 37.2. The zero-order valence-corrected chi connectivity index (χ0v) is 22.9. The molecule has 0 saturated carbocycles. The molecule has 2 heteroatoms. The quantitative estimate of drug-likeness (QED) is 0.131. The van der Waals surface area contributed by atoms with Crippen LogP contribution in [-0.4, -0.2) is 24.9 Å². The Labute approximate surface area is 204 Å². The summed E-state index contributed by atoms with van der Waals surface area (Å²) in [5.74, 6) is 0. The Balaban J connectivity index is 0. The smallest absolute Gasteiger partial charge is 0.0466 e. The van der Waals surface area contributed by atoms with E-state index < -0.39 is 0 Å². The van der Waals surface area contributed by atoms with E-state index in [1.54, 1.807) is 0 Å². The fourth-order valence-corrected chi connectivity index (χ4v) is 4.02. The summed E-state index contributed by atoms with van der Waals surface area (Å²) in [7, 11) is 0. The van der Waals surface area contributed by atoms with E-state index in [-0.39, 0.29) is 0 Å². The van der Waals surface area contributed by atoms with E-state index in [4.69, 9.17) is 9.84 Å². The summed E-state index contributed by atoms with van der Waals surface area (Å²) >= 11 is 0. The third-order valence-corrected chi connectivity index (χ3v) is 6.30. The van der Waals surface area contributed by atoms with Crippen molar-refractivity contribution in [2.75, 3.05) is 19.8 Å². The molecule has 0 amide bonds. The van der Waals surface area contributed by atoms with E-state index in [1.807, 2.05) is 0 Å². The monoisotopic (exact) mass is 456 g/mol. The van der Waals surface area contributed by atoms with Crippen LogP contribution in [0.15, 0.2) is 0 Å². The van der Waals surface area contributed by atoms with Crippen LogP contribution in [-0.2, 0) is 4.74 Å². The van der Waals surface area contributed by atoms with Gasteiger partial charge in [0, 0.05) is 19.8 Å². The molecule has 1 N–H and O–H groups in total. The Morgan fingerprint density at radius 2 is 0.594 bits per heavy atom. The highest BCUT2D eigenvalue weighted by atomic mass is 16.5.